The van der Waals surface area contributed by atoms with E-state index >= 15 is 0 Å². The average Bonchev–Trinajstić information content (AvgIpc) is 3.56. The maximum absolute atomic E-state index is 12.8. The summed E-state index contributed by atoms with van der Waals surface area (Å²) in [5, 5.41) is 16.6. The molecular formula is C31H34N6O2. The molecule has 0 bridgehead atoms. The number of hydrogen-bond acceptors (Lipinski definition) is 5. The number of methoxy groups -OCH3 is 1. The second-order valence-corrected chi connectivity index (χ2v) is 9.61. The molecule has 0 spiro atoms. The third-order valence-corrected chi connectivity index (χ3v) is 6.92. The number of aromatic nitrogens is 4. The molecule has 0 radical (unpaired) electrons. The highest BCUT2D eigenvalue weighted by Gasteiger charge is 2.25. The number of benzene rings is 3. The zero-order chi connectivity index (χ0) is 27.0. The van der Waals surface area contributed by atoms with Gasteiger partial charge >= 0.3 is 0 Å². The zero-order valence-corrected chi connectivity index (χ0v) is 22.4. The number of aryl methyl sites for hydroxylation is 2. The number of likely N-dealkylation sites (N-methyl/N-ethyl adjacent to an activating group) is 1. The van der Waals surface area contributed by atoms with Crippen LogP contribution in [0.5, 0.6) is 5.75 Å². The summed E-state index contributed by atoms with van der Waals surface area (Å²) in [4.78, 5) is 16.2. The molecule has 39 heavy (non-hydrogen) atoms. The van der Waals surface area contributed by atoms with E-state index in [4.69, 9.17) is 4.74 Å². The first kappa shape index (κ1) is 26.2. The van der Waals surface area contributed by atoms with Crippen LogP contribution in [0.25, 0.3) is 10.9 Å². The molecular weight excluding hydrogens is 488 g/mol. The topological polar surface area (TPSA) is 96.9 Å². The van der Waals surface area contributed by atoms with Gasteiger partial charge in [-0.15, -0.1) is 10.2 Å². The van der Waals surface area contributed by atoms with Crippen LogP contribution in [-0.2, 0) is 30.6 Å². The molecule has 5 aromatic rings. The smallest absolute Gasteiger partial charge is 0.234 e. The summed E-state index contributed by atoms with van der Waals surface area (Å²) in [6, 6.07) is 26.3. The van der Waals surface area contributed by atoms with Gasteiger partial charge in [-0.3, -0.25) is 4.79 Å². The molecule has 0 unspecified atom stereocenters. The highest BCUT2D eigenvalue weighted by molar-refractivity contribution is 5.83. The number of fused-ring (bicyclic) bond motifs is 1. The molecule has 3 aromatic carbocycles. The van der Waals surface area contributed by atoms with Crippen molar-refractivity contribution in [3.63, 3.8) is 0 Å². The molecule has 0 aliphatic heterocycles. The van der Waals surface area contributed by atoms with Crippen LogP contribution >= 0.6 is 0 Å². The first-order valence-corrected chi connectivity index (χ1v) is 13.2. The van der Waals surface area contributed by atoms with Crippen LogP contribution in [0.15, 0.2) is 85.1 Å². The van der Waals surface area contributed by atoms with Gasteiger partial charge in [-0.25, -0.2) is 0 Å². The molecule has 0 aliphatic carbocycles. The van der Waals surface area contributed by atoms with Crippen molar-refractivity contribution in [1.29, 1.82) is 0 Å². The maximum atomic E-state index is 12.8. The summed E-state index contributed by atoms with van der Waals surface area (Å²) in [7, 11) is 3.43. The number of amides is 1. The third-order valence-electron chi connectivity index (χ3n) is 6.92. The van der Waals surface area contributed by atoms with Crippen LogP contribution in [-0.4, -0.2) is 46.4 Å². The first-order chi connectivity index (χ1) is 19.1. The molecule has 200 valence electrons. The molecule has 8 nitrogen and oxygen atoms in total. The Kier molecular flexibility index (Phi) is 8.33. The molecule has 1 atom stereocenters. The number of nitrogens with one attached hydrogen (secondary N) is 3. The van der Waals surface area contributed by atoms with Crippen molar-refractivity contribution in [3.8, 4) is 5.75 Å². The van der Waals surface area contributed by atoms with Crippen LogP contribution in [0.3, 0.4) is 0 Å². The van der Waals surface area contributed by atoms with Crippen LogP contribution in [0.2, 0.25) is 0 Å². The van der Waals surface area contributed by atoms with E-state index in [9.17, 15) is 4.79 Å². The Bertz CT molecular complexity index is 1510. The number of ether oxygens (including phenoxy) is 1. The molecule has 2 aromatic heterocycles. The van der Waals surface area contributed by atoms with Crippen molar-refractivity contribution in [2.45, 2.75) is 31.8 Å². The largest absolute Gasteiger partial charge is 0.497 e. The zero-order valence-electron chi connectivity index (χ0n) is 22.4. The van der Waals surface area contributed by atoms with Crippen molar-refractivity contribution in [3.05, 3.63) is 113 Å². The maximum Gasteiger partial charge on any atom is 0.234 e. The Labute approximate surface area is 228 Å². The number of carbonyl (C=O) groups excluding carboxylic acids is 1. The van der Waals surface area contributed by atoms with Gasteiger partial charge in [0.25, 0.3) is 0 Å². The molecule has 0 saturated heterocycles. The van der Waals surface area contributed by atoms with Crippen molar-refractivity contribution in [1.82, 2.24) is 30.4 Å². The van der Waals surface area contributed by atoms with E-state index in [0.29, 0.717) is 13.0 Å². The lowest BCUT2D eigenvalue weighted by Gasteiger charge is -2.20. The Morgan fingerprint density at radius 2 is 1.72 bits per heavy atom. The van der Waals surface area contributed by atoms with E-state index < -0.39 is 0 Å². The van der Waals surface area contributed by atoms with Gasteiger partial charge in [-0.1, -0.05) is 60.7 Å². The Morgan fingerprint density at radius 1 is 0.949 bits per heavy atom. The fourth-order valence-electron chi connectivity index (χ4n) is 4.91. The summed E-state index contributed by atoms with van der Waals surface area (Å²) in [5.41, 5.74) is 4.53. The normalized spacial score (nSPS) is 11.9. The lowest BCUT2D eigenvalue weighted by Crippen LogP contribution is -2.37. The number of nitrogens with zero attached hydrogens (tertiary/aromatic N) is 3. The molecule has 0 saturated carbocycles. The number of hydrogen-bond donors (Lipinski definition) is 3. The lowest BCUT2D eigenvalue weighted by atomic mass is 10.0. The van der Waals surface area contributed by atoms with E-state index in [1.807, 2.05) is 36.5 Å². The third kappa shape index (κ3) is 6.35. The minimum absolute atomic E-state index is 0.0906. The lowest BCUT2D eigenvalue weighted by molar-refractivity contribution is -0.121. The Morgan fingerprint density at radius 3 is 2.49 bits per heavy atom. The van der Waals surface area contributed by atoms with Crippen molar-refractivity contribution >= 4 is 16.8 Å². The van der Waals surface area contributed by atoms with Gasteiger partial charge in [0, 0.05) is 29.9 Å². The molecule has 1 amide bonds. The van der Waals surface area contributed by atoms with E-state index in [1.165, 1.54) is 5.56 Å². The number of carbonyl (C=O) groups is 1. The van der Waals surface area contributed by atoms with Gasteiger partial charge in [0.1, 0.15) is 11.6 Å². The van der Waals surface area contributed by atoms with Crippen LogP contribution < -0.4 is 15.4 Å². The second-order valence-electron chi connectivity index (χ2n) is 9.61. The first-order valence-electron chi connectivity index (χ1n) is 13.2. The second kappa shape index (κ2) is 12.4. The summed E-state index contributed by atoms with van der Waals surface area (Å²) in [6.07, 6.45) is 4.18. The van der Waals surface area contributed by atoms with E-state index in [0.717, 1.165) is 52.3 Å². The number of H-pyrrole nitrogens is 1. The fourth-order valence-corrected chi connectivity index (χ4v) is 4.91. The SMILES string of the molecule is CNCC(=O)N[C@H](Cc1c[nH]c2ccccc12)c1nnc(CCc2ccccc2)n1Cc1ccc(OC)cc1. The van der Waals surface area contributed by atoms with Gasteiger partial charge in [0.2, 0.25) is 5.91 Å². The summed E-state index contributed by atoms with van der Waals surface area (Å²) < 4.78 is 7.51. The van der Waals surface area contributed by atoms with Gasteiger partial charge in [-0.2, -0.15) is 0 Å². The minimum Gasteiger partial charge on any atom is -0.497 e. The van der Waals surface area contributed by atoms with Gasteiger partial charge in [0.15, 0.2) is 5.82 Å². The predicted molar refractivity (Wildman–Crippen MR) is 153 cm³/mol. The summed E-state index contributed by atoms with van der Waals surface area (Å²) in [5.74, 6) is 2.34. The van der Waals surface area contributed by atoms with Crippen molar-refractivity contribution < 1.29 is 9.53 Å². The molecule has 3 N–H and O–H groups in total. The van der Waals surface area contributed by atoms with Crippen molar-refractivity contribution in [2.75, 3.05) is 20.7 Å². The minimum atomic E-state index is -0.360. The van der Waals surface area contributed by atoms with E-state index in [2.05, 4.69) is 78.9 Å². The van der Waals surface area contributed by atoms with Crippen LogP contribution in [0, 0.1) is 0 Å². The molecule has 2 heterocycles. The van der Waals surface area contributed by atoms with E-state index in [-0.39, 0.29) is 18.5 Å². The predicted octanol–water partition coefficient (Wildman–Crippen LogP) is 4.22. The van der Waals surface area contributed by atoms with E-state index in [1.54, 1.807) is 14.2 Å². The number of aromatic amines is 1. The number of rotatable bonds is 12. The monoisotopic (exact) mass is 522 g/mol. The standard InChI is InChI=1S/C31H34N6O2/c1-32-20-30(38)34-28(18-24-19-33-27-11-7-6-10-26(24)27)31-36-35-29(17-14-22-8-4-3-5-9-22)37(31)21-23-12-15-25(39-2)16-13-23/h3-13,15-16,19,28,32-33H,14,17-18,20-21H2,1-2H3,(H,34,38)/t28-/m1/s1. The number of para-hydroxylation sites is 1. The molecule has 8 heteroatoms. The summed E-state index contributed by atoms with van der Waals surface area (Å²) >= 11 is 0. The molecule has 0 fully saturated rings. The fraction of sp³-hybridized carbons (Fsp3) is 0.258. The highest BCUT2D eigenvalue weighted by atomic mass is 16.5. The molecule has 0 aliphatic rings. The molecule has 5 rings (SSSR count). The van der Waals surface area contributed by atoms with Crippen LogP contribution in [0.4, 0.5) is 0 Å². The highest BCUT2D eigenvalue weighted by Crippen LogP contribution is 2.26. The van der Waals surface area contributed by atoms with Gasteiger partial charge in [-0.05, 0) is 48.4 Å². The van der Waals surface area contributed by atoms with Crippen LogP contribution in [0.1, 0.15) is 34.4 Å². The Balaban J connectivity index is 1.51. The quantitative estimate of drug-likeness (QED) is 0.228. The average molecular weight is 523 g/mol. The van der Waals surface area contributed by atoms with Crippen molar-refractivity contribution in [2.24, 2.45) is 0 Å². The summed E-state index contributed by atoms with van der Waals surface area (Å²) in [6.45, 7) is 0.806. The Hall–Kier alpha value is -4.43. The van der Waals surface area contributed by atoms with Gasteiger partial charge in [0.05, 0.1) is 26.2 Å². The van der Waals surface area contributed by atoms with Gasteiger partial charge < -0.3 is 24.9 Å².